The minimum atomic E-state index is -0.412. The van der Waals surface area contributed by atoms with Gasteiger partial charge in [-0.05, 0) is 46.1 Å². The van der Waals surface area contributed by atoms with Crippen LogP contribution in [0.4, 0.5) is 4.79 Å². The molecule has 2 aliphatic rings. The molecular weight excluding hydrogens is 216 g/mol. The number of nitrogens with one attached hydrogen (secondary N) is 2. The summed E-state index contributed by atoms with van der Waals surface area (Å²) in [7, 11) is 0. The van der Waals surface area contributed by atoms with Gasteiger partial charge in [-0.15, -0.1) is 0 Å². The summed E-state index contributed by atoms with van der Waals surface area (Å²) in [6.07, 6.45) is 3.52. The molecule has 98 valence electrons. The highest BCUT2D eigenvalue weighted by molar-refractivity contribution is 5.67. The van der Waals surface area contributed by atoms with E-state index in [1.807, 2.05) is 20.8 Å². The standard InChI is InChI=1S/C13H24N2O2/c1-12(2,3)17-11(16)15-9-13-6-4-5-10(13)7-14-8-13/h10,14H,4-9H2,1-3H3,(H,15,16). The highest BCUT2D eigenvalue weighted by Gasteiger charge is 2.46. The molecule has 0 aromatic rings. The lowest BCUT2D eigenvalue weighted by atomic mass is 9.81. The molecule has 0 bridgehead atoms. The predicted molar refractivity (Wildman–Crippen MR) is 66.9 cm³/mol. The highest BCUT2D eigenvalue weighted by Crippen LogP contribution is 2.45. The van der Waals surface area contributed by atoms with Gasteiger partial charge in [0.2, 0.25) is 0 Å². The van der Waals surface area contributed by atoms with Gasteiger partial charge in [0.15, 0.2) is 0 Å². The Hall–Kier alpha value is -0.770. The second-order valence-electron chi connectivity index (χ2n) is 6.44. The van der Waals surface area contributed by atoms with Crippen LogP contribution in [-0.4, -0.2) is 31.3 Å². The molecule has 1 heterocycles. The summed E-state index contributed by atoms with van der Waals surface area (Å²) in [5, 5.41) is 6.39. The molecule has 17 heavy (non-hydrogen) atoms. The minimum Gasteiger partial charge on any atom is -0.444 e. The monoisotopic (exact) mass is 240 g/mol. The third-order valence-corrected chi connectivity index (χ3v) is 3.94. The van der Waals surface area contributed by atoms with Crippen molar-refractivity contribution in [1.29, 1.82) is 0 Å². The highest BCUT2D eigenvalue weighted by atomic mass is 16.6. The summed E-state index contributed by atoms with van der Waals surface area (Å²) in [6, 6.07) is 0. The van der Waals surface area contributed by atoms with Gasteiger partial charge in [0.25, 0.3) is 0 Å². The van der Waals surface area contributed by atoms with Crippen LogP contribution >= 0.6 is 0 Å². The van der Waals surface area contributed by atoms with E-state index >= 15 is 0 Å². The second-order valence-corrected chi connectivity index (χ2v) is 6.44. The van der Waals surface area contributed by atoms with Crippen molar-refractivity contribution in [2.24, 2.45) is 11.3 Å². The first-order valence-electron chi connectivity index (χ1n) is 6.59. The first-order chi connectivity index (χ1) is 7.91. The molecule has 1 amide bonds. The summed E-state index contributed by atoms with van der Waals surface area (Å²) >= 11 is 0. The van der Waals surface area contributed by atoms with Gasteiger partial charge in [0, 0.05) is 18.5 Å². The molecular formula is C13H24N2O2. The van der Waals surface area contributed by atoms with Crippen molar-refractivity contribution in [3.8, 4) is 0 Å². The average Bonchev–Trinajstić information content (AvgIpc) is 2.69. The number of carbonyl (C=O) groups is 1. The predicted octanol–water partition coefficient (Wildman–Crippen LogP) is 1.90. The van der Waals surface area contributed by atoms with E-state index in [9.17, 15) is 4.79 Å². The van der Waals surface area contributed by atoms with Crippen molar-refractivity contribution >= 4 is 6.09 Å². The first-order valence-corrected chi connectivity index (χ1v) is 6.59. The van der Waals surface area contributed by atoms with Crippen molar-refractivity contribution in [3.05, 3.63) is 0 Å². The van der Waals surface area contributed by atoms with Crippen molar-refractivity contribution in [2.45, 2.75) is 45.6 Å². The van der Waals surface area contributed by atoms with Crippen LogP contribution in [0.2, 0.25) is 0 Å². The number of hydrogen-bond donors (Lipinski definition) is 2. The summed E-state index contributed by atoms with van der Waals surface area (Å²) < 4.78 is 5.27. The Balaban J connectivity index is 1.83. The van der Waals surface area contributed by atoms with E-state index in [-0.39, 0.29) is 11.5 Å². The van der Waals surface area contributed by atoms with E-state index in [4.69, 9.17) is 4.74 Å². The lowest BCUT2D eigenvalue weighted by molar-refractivity contribution is 0.0497. The maximum atomic E-state index is 11.6. The lowest BCUT2D eigenvalue weighted by Crippen LogP contribution is -2.42. The second kappa shape index (κ2) is 4.48. The zero-order valence-corrected chi connectivity index (χ0v) is 11.1. The van der Waals surface area contributed by atoms with Crippen molar-refractivity contribution in [3.63, 3.8) is 0 Å². The fourth-order valence-electron chi connectivity index (χ4n) is 3.12. The molecule has 4 nitrogen and oxygen atoms in total. The van der Waals surface area contributed by atoms with E-state index in [1.165, 1.54) is 19.3 Å². The van der Waals surface area contributed by atoms with Crippen LogP contribution in [0.1, 0.15) is 40.0 Å². The molecule has 1 saturated carbocycles. The van der Waals surface area contributed by atoms with Crippen LogP contribution in [0.25, 0.3) is 0 Å². The first kappa shape index (κ1) is 12.7. The van der Waals surface area contributed by atoms with Gasteiger partial charge >= 0.3 is 6.09 Å². The van der Waals surface area contributed by atoms with Gasteiger partial charge in [-0.1, -0.05) is 6.42 Å². The fraction of sp³-hybridized carbons (Fsp3) is 0.923. The summed E-state index contributed by atoms with van der Waals surface area (Å²) in [6.45, 7) is 8.56. The van der Waals surface area contributed by atoms with Gasteiger partial charge in [0.1, 0.15) is 5.60 Å². The molecule has 0 aromatic heterocycles. The molecule has 2 fully saturated rings. The molecule has 1 aliphatic heterocycles. The molecule has 0 spiro atoms. The largest absolute Gasteiger partial charge is 0.444 e. The average molecular weight is 240 g/mol. The maximum absolute atomic E-state index is 11.6. The minimum absolute atomic E-state index is 0.288. The zero-order chi connectivity index (χ0) is 12.5. The van der Waals surface area contributed by atoms with Crippen molar-refractivity contribution in [1.82, 2.24) is 10.6 Å². The summed E-state index contributed by atoms with van der Waals surface area (Å²) in [5.41, 5.74) is -0.123. The molecule has 2 N–H and O–H groups in total. The third-order valence-electron chi connectivity index (χ3n) is 3.94. The molecule has 0 aromatic carbocycles. The number of alkyl carbamates (subject to hydrolysis) is 1. The van der Waals surface area contributed by atoms with Crippen LogP contribution in [0.15, 0.2) is 0 Å². The molecule has 2 atom stereocenters. The van der Waals surface area contributed by atoms with Crippen LogP contribution < -0.4 is 10.6 Å². The Labute approximate surface area is 103 Å². The Bertz CT molecular complexity index is 286. The van der Waals surface area contributed by atoms with E-state index in [0.717, 1.165) is 25.6 Å². The molecule has 4 heteroatoms. The van der Waals surface area contributed by atoms with Crippen molar-refractivity contribution < 1.29 is 9.53 Å². The van der Waals surface area contributed by atoms with Crippen LogP contribution in [-0.2, 0) is 4.74 Å². The van der Waals surface area contributed by atoms with E-state index in [2.05, 4.69) is 10.6 Å². The Morgan fingerprint density at radius 3 is 3.00 bits per heavy atom. The smallest absolute Gasteiger partial charge is 0.407 e. The zero-order valence-electron chi connectivity index (χ0n) is 11.1. The SMILES string of the molecule is CC(C)(C)OC(=O)NCC12CCCC1CNC2. The molecule has 2 rings (SSSR count). The van der Waals surface area contributed by atoms with Gasteiger partial charge < -0.3 is 15.4 Å². The number of rotatable bonds is 2. The van der Waals surface area contributed by atoms with Crippen LogP contribution in [0, 0.1) is 11.3 Å². The van der Waals surface area contributed by atoms with Crippen LogP contribution in [0.5, 0.6) is 0 Å². The maximum Gasteiger partial charge on any atom is 0.407 e. The Kier molecular flexibility index (Phi) is 3.34. The quantitative estimate of drug-likeness (QED) is 0.775. The lowest BCUT2D eigenvalue weighted by Gasteiger charge is -2.29. The number of carbonyl (C=O) groups excluding carboxylic acids is 1. The third kappa shape index (κ3) is 2.92. The molecule has 0 radical (unpaired) electrons. The Morgan fingerprint density at radius 1 is 1.53 bits per heavy atom. The van der Waals surface area contributed by atoms with E-state index < -0.39 is 5.60 Å². The normalized spacial score (nSPS) is 32.3. The number of ether oxygens (including phenoxy) is 1. The summed E-state index contributed by atoms with van der Waals surface area (Å²) in [5.74, 6) is 0.734. The molecule has 1 aliphatic carbocycles. The van der Waals surface area contributed by atoms with Gasteiger partial charge in [0.05, 0.1) is 0 Å². The molecule has 2 unspecified atom stereocenters. The number of hydrogen-bond acceptors (Lipinski definition) is 3. The summed E-state index contributed by atoms with van der Waals surface area (Å²) in [4.78, 5) is 11.6. The van der Waals surface area contributed by atoms with Crippen LogP contribution in [0.3, 0.4) is 0 Å². The number of fused-ring (bicyclic) bond motifs is 1. The van der Waals surface area contributed by atoms with Gasteiger partial charge in [-0.3, -0.25) is 0 Å². The number of amides is 1. The van der Waals surface area contributed by atoms with E-state index in [0.29, 0.717) is 0 Å². The van der Waals surface area contributed by atoms with Crippen molar-refractivity contribution in [2.75, 3.05) is 19.6 Å². The van der Waals surface area contributed by atoms with E-state index in [1.54, 1.807) is 0 Å². The van der Waals surface area contributed by atoms with Gasteiger partial charge in [-0.2, -0.15) is 0 Å². The fourth-order valence-corrected chi connectivity index (χ4v) is 3.12. The molecule has 1 saturated heterocycles. The van der Waals surface area contributed by atoms with Gasteiger partial charge in [-0.25, -0.2) is 4.79 Å². The Morgan fingerprint density at radius 2 is 2.29 bits per heavy atom. The topological polar surface area (TPSA) is 50.4 Å².